The summed E-state index contributed by atoms with van der Waals surface area (Å²) in [5.74, 6) is -0.531. The SMILES string of the molecule is CC(C)(C)OC(=O)N1CCC(NC(=O)c2ccc(S(=O)(=O)C(F)(F)F)cc2)CC1. The number of amides is 2. The van der Waals surface area contributed by atoms with Crippen LogP contribution in [0.2, 0.25) is 0 Å². The molecule has 1 aliphatic heterocycles. The number of hydrogen-bond donors (Lipinski definition) is 1. The topological polar surface area (TPSA) is 92.8 Å². The van der Waals surface area contributed by atoms with E-state index in [1.165, 1.54) is 0 Å². The molecule has 0 radical (unpaired) electrons. The first-order valence-corrected chi connectivity index (χ1v) is 10.4. The normalized spacial score (nSPS) is 16.4. The van der Waals surface area contributed by atoms with Crippen LogP contribution in [-0.4, -0.2) is 55.6 Å². The van der Waals surface area contributed by atoms with Gasteiger partial charge in [0, 0.05) is 24.7 Å². The van der Waals surface area contributed by atoms with Crippen molar-refractivity contribution in [3.05, 3.63) is 29.8 Å². The van der Waals surface area contributed by atoms with Crippen LogP contribution in [-0.2, 0) is 14.6 Å². The van der Waals surface area contributed by atoms with Gasteiger partial charge in [0.25, 0.3) is 15.7 Å². The van der Waals surface area contributed by atoms with Gasteiger partial charge in [-0.2, -0.15) is 13.2 Å². The van der Waals surface area contributed by atoms with Crippen molar-refractivity contribution in [3.63, 3.8) is 0 Å². The fraction of sp³-hybridized carbons (Fsp3) is 0.556. The summed E-state index contributed by atoms with van der Waals surface area (Å²) >= 11 is 0. The molecule has 0 unspecified atom stereocenters. The van der Waals surface area contributed by atoms with Crippen molar-refractivity contribution in [2.24, 2.45) is 0 Å². The van der Waals surface area contributed by atoms with Gasteiger partial charge in [0.15, 0.2) is 0 Å². The van der Waals surface area contributed by atoms with E-state index in [-0.39, 0.29) is 11.6 Å². The van der Waals surface area contributed by atoms with Crippen LogP contribution in [0.1, 0.15) is 44.0 Å². The van der Waals surface area contributed by atoms with Crippen molar-refractivity contribution in [2.45, 2.75) is 55.7 Å². The lowest BCUT2D eigenvalue weighted by Gasteiger charge is -2.33. The molecule has 0 saturated carbocycles. The maximum Gasteiger partial charge on any atom is 0.501 e. The predicted molar refractivity (Wildman–Crippen MR) is 98.0 cm³/mol. The highest BCUT2D eigenvalue weighted by Gasteiger charge is 2.46. The van der Waals surface area contributed by atoms with E-state index < -0.39 is 37.8 Å². The third-order valence-corrected chi connectivity index (χ3v) is 5.72. The van der Waals surface area contributed by atoms with E-state index in [4.69, 9.17) is 4.74 Å². The second-order valence-corrected chi connectivity index (χ2v) is 9.63. The Hall–Kier alpha value is -2.30. The molecule has 0 atom stereocenters. The lowest BCUT2D eigenvalue weighted by Crippen LogP contribution is -2.47. The third-order valence-electron chi connectivity index (χ3n) is 4.21. The van der Waals surface area contributed by atoms with Crippen molar-refractivity contribution in [1.29, 1.82) is 0 Å². The number of halogens is 3. The molecule has 7 nitrogen and oxygen atoms in total. The van der Waals surface area contributed by atoms with Crippen LogP contribution in [0.15, 0.2) is 29.2 Å². The molecule has 29 heavy (non-hydrogen) atoms. The maximum atomic E-state index is 12.6. The number of piperidine rings is 1. The van der Waals surface area contributed by atoms with Gasteiger partial charge in [0.1, 0.15) is 5.60 Å². The van der Waals surface area contributed by atoms with Crippen LogP contribution in [0.5, 0.6) is 0 Å². The number of carbonyl (C=O) groups is 2. The summed E-state index contributed by atoms with van der Waals surface area (Å²) in [5.41, 5.74) is -5.96. The Balaban J connectivity index is 1.93. The highest BCUT2D eigenvalue weighted by molar-refractivity contribution is 7.92. The Bertz CT molecular complexity index is 853. The molecule has 0 spiro atoms. The molecule has 1 aliphatic rings. The van der Waals surface area contributed by atoms with E-state index in [0.717, 1.165) is 24.3 Å². The number of benzene rings is 1. The van der Waals surface area contributed by atoms with E-state index in [0.29, 0.717) is 25.9 Å². The van der Waals surface area contributed by atoms with Crippen LogP contribution in [0.25, 0.3) is 0 Å². The number of nitrogens with zero attached hydrogens (tertiary/aromatic N) is 1. The minimum atomic E-state index is -5.45. The Morgan fingerprint density at radius 1 is 1.07 bits per heavy atom. The number of nitrogens with one attached hydrogen (secondary N) is 1. The summed E-state index contributed by atoms with van der Waals surface area (Å²) in [6, 6.07) is 3.35. The van der Waals surface area contributed by atoms with Crippen LogP contribution in [0.3, 0.4) is 0 Å². The molecule has 0 aliphatic carbocycles. The fourth-order valence-electron chi connectivity index (χ4n) is 2.72. The van der Waals surface area contributed by atoms with Gasteiger partial charge in [-0.3, -0.25) is 4.79 Å². The smallest absolute Gasteiger partial charge is 0.444 e. The number of ether oxygens (including phenoxy) is 1. The quantitative estimate of drug-likeness (QED) is 0.786. The molecule has 0 aromatic heterocycles. The first-order valence-electron chi connectivity index (χ1n) is 8.91. The Kier molecular flexibility index (Phi) is 6.51. The van der Waals surface area contributed by atoms with Gasteiger partial charge in [-0.15, -0.1) is 0 Å². The summed E-state index contributed by atoms with van der Waals surface area (Å²) in [4.78, 5) is 24.9. The van der Waals surface area contributed by atoms with Crippen molar-refractivity contribution in [2.75, 3.05) is 13.1 Å². The molecule has 2 amide bonds. The summed E-state index contributed by atoms with van der Waals surface area (Å²) in [7, 11) is -5.45. The molecule has 1 N–H and O–H groups in total. The Morgan fingerprint density at radius 2 is 1.59 bits per heavy atom. The minimum Gasteiger partial charge on any atom is -0.444 e. The first-order chi connectivity index (χ1) is 13.2. The predicted octanol–water partition coefficient (Wildman–Crippen LogP) is 3.11. The Morgan fingerprint density at radius 3 is 2.03 bits per heavy atom. The molecule has 1 aromatic carbocycles. The van der Waals surface area contributed by atoms with Gasteiger partial charge in [-0.25, -0.2) is 13.2 Å². The molecular formula is C18H23F3N2O5S. The highest BCUT2D eigenvalue weighted by atomic mass is 32.2. The molecule has 162 valence electrons. The standard InChI is InChI=1S/C18H23F3N2O5S/c1-17(2,3)28-16(25)23-10-8-13(9-11-23)22-15(24)12-4-6-14(7-5-12)29(26,27)18(19,20)21/h4-7,13H,8-11H2,1-3H3,(H,22,24). The van der Waals surface area contributed by atoms with E-state index in [1.54, 1.807) is 25.7 Å². The Labute approximate surface area is 167 Å². The number of alkyl halides is 3. The van der Waals surface area contributed by atoms with Gasteiger partial charge < -0.3 is 15.0 Å². The number of sulfone groups is 1. The lowest BCUT2D eigenvalue weighted by atomic mass is 10.0. The van der Waals surface area contributed by atoms with Gasteiger partial charge in [-0.05, 0) is 57.9 Å². The second kappa shape index (κ2) is 8.21. The average molecular weight is 436 g/mol. The van der Waals surface area contributed by atoms with Crippen LogP contribution in [0.4, 0.5) is 18.0 Å². The van der Waals surface area contributed by atoms with Crippen LogP contribution in [0, 0.1) is 0 Å². The van der Waals surface area contributed by atoms with Crippen LogP contribution >= 0.6 is 0 Å². The summed E-state index contributed by atoms with van der Waals surface area (Å²) in [6.45, 7) is 6.08. The molecule has 11 heteroatoms. The zero-order valence-electron chi connectivity index (χ0n) is 16.2. The fourth-order valence-corrected chi connectivity index (χ4v) is 3.48. The largest absolute Gasteiger partial charge is 0.501 e. The summed E-state index contributed by atoms with van der Waals surface area (Å²) in [5, 5.41) is 2.74. The average Bonchev–Trinajstić information content (AvgIpc) is 2.60. The van der Waals surface area contributed by atoms with Crippen LogP contribution < -0.4 is 5.32 Å². The zero-order chi connectivity index (χ0) is 22.0. The number of hydrogen-bond acceptors (Lipinski definition) is 5. The molecule has 1 aromatic rings. The second-order valence-electron chi connectivity index (χ2n) is 7.69. The van der Waals surface area contributed by atoms with Crippen molar-refractivity contribution in [3.8, 4) is 0 Å². The number of rotatable bonds is 3. The van der Waals surface area contributed by atoms with E-state index in [9.17, 15) is 31.2 Å². The van der Waals surface area contributed by atoms with Crippen molar-refractivity contribution >= 4 is 21.8 Å². The third kappa shape index (κ3) is 5.84. The van der Waals surface area contributed by atoms with Gasteiger partial charge in [0.2, 0.25) is 0 Å². The summed E-state index contributed by atoms with van der Waals surface area (Å²) < 4.78 is 65.7. The van der Waals surface area contributed by atoms with Gasteiger partial charge >= 0.3 is 11.6 Å². The molecule has 1 saturated heterocycles. The highest BCUT2D eigenvalue weighted by Crippen LogP contribution is 2.30. The van der Waals surface area contributed by atoms with E-state index in [2.05, 4.69) is 5.32 Å². The lowest BCUT2D eigenvalue weighted by molar-refractivity contribution is -0.0436. The zero-order valence-corrected chi connectivity index (χ0v) is 17.1. The molecular weight excluding hydrogens is 413 g/mol. The monoisotopic (exact) mass is 436 g/mol. The molecule has 0 bridgehead atoms. The molecule has 1 heterocycles. The maximum absolute atomic E-state index is 12.6. The molecule has 2 rings (SSSR count). The van der Waals surface area contributed by atoms with Gasteiger partial charge in [-0.1, -0.05) is 0 Å². The van der Waals surface area contributed by atoms with Crippen molar-refractivity contribution < 1.29 is 35.9 Å². The number of carbonyl (C=O) groups excluding carboxylic acids is 2. The van der Waals surface area contributed by atoms with Gasteiger partial charge in [0.05, 0.1) is 4.90 Å². The number of likely N-dealkylation sites (tertiary alicyclic amines) is 1. The first kappa shape index (κ1) is 23.0. The van der Waals surface area contributed by atoms with Crippen molar-refractivity contribution in [1.82, 2.24) is 10.2 Å². The van der Waals surface area contributed by atoms with E-state index >= 15 is 0 Å². The minimum absolute atomic E-state index is 0.0423. The summed E-state index contributed by atoms with van der Waals surface area (Å²) in [6.07, 6.45) is 0.556. The van der Waals surface area contributed by atoms with E-state index in [1.807, 2.05) is 0 Å². The molecule has 1 fully saturated rings.